The predicted octanol–water partition coefficient (Wildman–Crippen LogP) is 3.74. The lowest BCUT2D eigenvalue weighted by molar-refractivity contribution is 0.202. The molecule has 1 heterocycles. The minimum Gasteiger partial charge on any atom is -0.493 e. The van der Waals surface area contributed by atoms with E-state index in [1.165, 1.54) is 43.4 Å². The molecule has 2 N–H and O–H groups in total. The Kier molecular flexibility index (Phi) is 5.19. The third-order valence-corrected chi connectivity index (χ3v) is 6.32. The first-order valence-electron chi connectivity index (χ1n) is 8.40. The van der Waals surface area contributed by atoms with Gasteiger partial charge in [-0.2, -0.15) is 11.8 Å². The van der Waals surface area contributed by atoms with Crippen molar-refractivity contribution in [2.24, 2.45) is 5.73 Å². The van der Waals surface area contributed by atoms with E-state index in [1.54, 1.807) is 7.11 Å². The van der Waals surface area contributed by atoms with Crippen LogP contribution in [0.15, 0.2) is 18.2 Å². The van der Waals surface area contributed by atoms with Crippen molar-refractivity contribution >= 4 is 11.8 Å². The van der Waals surface area contributed by atoms with Gasteiger partial charge in [-0.1, -0.05) is 18.9 Å². The number of ether oxygens (including phenoxy) is 2. The van der Waals surface area contributed by atoms with Gasteiger partial charge in [-0.25, -0.2) is 0 Å². The van der Waals surface area contributed by atoms with Gasteiger partial charge in [-0.05, 0) is 49.1 Å². The van der Waals surface area contributed by atoms with E-state index >= 15 is 0 Å². The minimum atomic E-state index is 0.145. The Morgan fingerprint density at radius 2 is 2.05 bits per heavy atom. The van der Waals surface area contributed by atoms with Gasteiger partial charge in [-0.15, -0.1) is 0 Å². The van der Waals surface area contributed by atoms with Crippen LogP contribution in [0, 0.1) is 0 Å². The van der Waals surface area contributed by atoms with E-state index in [9.17, 15) is 0 Å². The topological polar surface area (TPSA) is 44.5 Å². The van der Waals surface area contributed by atoms with Gasteiger partial charge in [0.25, 0.3) is 0 Å². The van der Waals surface area contributed by atoms with Gasteiger partial charge in [0.1, 0.15) is 6.10 Å². The van der Waals surface area contributed by atoms with E-state index < -0.39 is 0 Å². The second-order valence-corrected chi connectivity index (χ2v) is 7.66. The van der Waals surface area contributed by atoms with E-state index in [0.29, 0.717) is 6.10 Å². The largest absolute Gasteiger partial charge is 0.493 e. The first-order chi connectivity index (χ1) is 10.8. The first-order valence-corrected chi connectivity index (χ1v) is 9.56. The highest BCUT2D eigenvalue weighted by Gasteiger charge is 2.34. The van der Waals surface area contributed by atoms with Crippen LogP contribution in [0.4, 0.5) is 0 Å². The van der Waals surface area contributed by atoms with Gasteiger partial charge < -0.3 is 15.2 Å². The third-order valence-electron chi connectivity index (χ3n) is 5.14. The zero-order valence-corrected chi connectivity index (χ0v) is 14.3. The lowest BCUT2D eigenvalue weighted by Crippen LogP contribution is -2.32. The quantitative estimate of drug-likeness (QED) is 0.897. The average molecular weight is 321 g/mol. The molecule has 3 rings (SSSR count). The molecule has 2 fully saturated rings. The zero-order chi connectivity index (χ0) is 15.4. The summed E-state index contributed by atoms with van der Waals surface area (Å²) >= 11 is 1.98. The summed E-state index contributed by atoms with van der Waals surface area (Å²) in [6.07, 6.45) is 7.62. The van der Waals surface area contributed by atoms with Crippen molar-refractivity contribution in [1.29, 1.82) is 0 Å². The molecule has 0 radical (unpaired) electrons. The summed E-state index contributed by atoms with van der Waals surface area (Å²) in [7, 11) is 1.73. The van der Waals surface area contributed by atoms with E-state index in [0.717, 1.165) is 30.2 Å². The van der Waals surface area contributed by atoms with Crippen molar-refractivity contribution in [3.63, 3.8) is 0 Å². The Hall–Kier alpha value is -0.870. The summed E-state index contributed by atoms with van der Waals surface area (Å²) < 4.78 is 11.8. The number of hydrogen-bond donors (Lipinski definition) is 1. The molecule has 2 aliphatic rings. The minimum absolute atomic E-state index is 0.145. The maximum atomic E-state index is 6.18. The molecule has 1 atom stereocenters. The van der Waals surface area contributed by atoms with Crippen molar-refractivity contribution in [2.75, 3.05) is 25.2 Å². The Labute approximate surface area is 137 Å². The van der Waals surface area contributed by atoms with Crippen molar-refractivity contribution in [3.8, 4) is 11.5 Å². The van der Waals surface area contributed by atoms with Crippen LogP contribution in [0.3, 0.4) is 0 Å². The molecule has 0 amide bonds. The first kappa shape index (κ1) is 16.0. The van der Waals surface area contributed by atoms with Crippen molar-refractivity contribution < 1.29 is 9.47 Å². The van der Waals surface area contributed by atoms with Gasteiger partial charge in [0.2, 0.25) is 0 Å². The SMILES string of the molecule is COc1cc(C2(CN)CCCC2)ccc1OC1CCCSC1. The standard InChI is InChI=1S/C18H27NO2S/c1-20-17-11-14(18(13-19)8-2-3-9-18)6-7-16(17)21-15-5-4-10-22-12-15/h6-7,11,15H,2-5,8-10,12-13,19H2,1H3. The molecule has 1 aromatic rings. The molecule has 22 heavy (non-hydrogen) atoms. The highest BCUT2D eigenvalue weighted by atomic mass is 32.2. The summed E-state index contributed by atoms with van der Waals surface area (Å²) in [6.45, 7) is 0.718. The van der Waals surface area contributed by atoms with Crippen LogP contribution >= 0.6 is 11.8 Å². The summed E-state index contributed by atoms with van der Waals surface area (Å²) in [4.78, 5) is 0. The van der Waals surface area contributed by atoms with Crippen LogP contribution in [-0.2, 0) is 5.41 Å². The maximum Gasteiger partial charge on any atom is 0.161 e. The smallest absolute Gasteiger partial charge is 0.161 e. The molecule has 0 aromatic heterocycles. The second kappa shape index (κ2) is 7.14. The van der Waals surface area contributed by atoms with Gasteiger partial charge in [0, 0.05) is 17.7 Å². The fourth-order valence-electron chi connectivity index (χ4n) is 3.74. The monoisotopic (exact) mass is 321 g/mol. The maximum absolute atomic E-state index is 6.18. The van der Waals surface area contributed by atoms with Crippen molar-refractivity contribution in [1.82, 2.24) is 0 Å². The normalized spacial score (nSPS) is 24.2. The molecule has 1 aliphatic heterocycles. The Balaban J connectivity index is 1.80. The fourth-order valence-corrected chi connectivity index (χ4v) is 4.78. The predicted molar refractivity (Wildman–Crippen MR) is 93.2 cm³/mol. The molecule has 4 heteroatoms. The Bertz CT molecular complexity index is 494. The molecule has 1 aromatic carbocycles. The summed E-state index contributed by atoms with van der Waals surface area (Å²) in [5, 5.41) is 0. The molecular formula is C18H27NO2S. The van der Waals surface area contributed by atoms with Crippen LogP contribution in [0.2, 0.25) is 0 Å². The summed E-state index contributed by atoms with van der Waals surface area (Å²) in [5.41, 5.74) is 7.56. The van der Waals surface area contributed by atoms with Gasteiger partial charge in [0.05, 0.1) is 7.11 Å². The molecule has 122 valence electrons. The van der Waals surface area contributed by atoms with Crippen LogP contribution in [-0.4, -0.2) is 31.3 Å². The molecule has 0 bridgehead atoms. The van der Waals surface area contributed by atoms with Crippen LogP contribution < -0.4 is 15.2 Å². The zero-order valence-electron chi connectivity index (χ0n) is 13.5. The van der Waals surface area contributed by atoms with E-state index in [2.05, 4.69) is 18.2 Å². The fraction of sp³-hybridized carbons (Fsp3) is 0.667. The summed E-state index contributed by atoms with van der Waals surface area (Å²) in [6, 6.07) is 6.44. The highest BCUT2D eigenvalue weighted by Crippen LogP contribution is 2.43. The number of nitrogens with two attached hydrogens (primary N) is 1. The molecule has 3 nitrogen and oxygen atoms in total. The average Bonchev–Trinajstić information content (AvgIpc) is 3.06. The molecule has 1 saturated heterocycles. The van der Waals surface area contributed by atoms with E-state index in [4.69, 9.17) is 15.2 Å². The molecule has 1 aliphatic carbocycles. The lowest BCUT2D eigenvalue weighted by atomic mass is 9.79. The highest BCUT2D eigenvalue weighted by molar-refractivity contribution is 7.99. The van der Waals surface area contributed by atoms with Crippen molar-refractivity contribution in [3.05, 3.63) is 23.8 Å². The second-order valence-electron chi connectivity index (χ2n) is 6.51. The number of thioether (sulfide) groups is 1. The number of rotatable bonds is 5. The molecule has 1 saturated carbocycles. The van der Waals surface area contributed by atoms with Crippen LogP contribution in [0.1, 0.15) is 44.1 Å². The Morgan fingerprint density at radius 3 is 2.68 bits per heavy atom. The van der Waals surface area contributed by atoms with Crippen LogP contribution in [0.25, 0.3) is 0 Å². The molecular weight excluding hydrogens is 294 g/mol. The lowest BCUT2D eigenvalue weighted by Gasteiger charge is -2.29. The van der Waals surface area contributed by atoms with Gasteiger partial charge >= 0.3 is 0 Å². The summed E-state index contributed by atoms with van der Waals surface area (Å²) in [5.74, 6) is 4.07. The van der Waals surface area contributed by atoms with Crippen molar-refractivity contribution in [2.45, 2.75) is 50.0 Å². The van der Waals surface area contributed by atoms with E-state index in [-0.39, 0.29) is 5.41 Å². The van der Waals surface area contributed by atoms with E-state index in [1.807, 2.05) is 11.8 Å². The number of hydrogen-bond acceptors (Lipinski definition) is 4. The third kappa shape index (κ3) is 3.23. The Morgan fingerprint density at radius 1 is 1.23 bits per heavy atom. The number of methoxy groups -OCH3 is 1. The number of benzene rings is 1. The van der Waals surface area contributed by atoms with Crippen LogP contribution in [0.5, 0.6) is 11.5 Å². The molecule has 1 unspecified atom stereocenters. The van der Waals surface area contributed by atoms with Gasteiger partial charge in [0.15, 0.2) is 11.5 Å². The molecule has 0 spiro atoms. The van der Waals surface area contributed by atoms with Gasteiger partial charge in [-0.3, -0.25) is 0 Å².